The lowest BCUT2D eigenvalue weighted by Crippen LogP contribution is -2.56. The Balaban J connectivity index is 1.38. The van der Waals surface area contributed by atoms with Gasteiger partial charge in [-0.2, -0.15) is 0 Å². The van der Waals surface area contributed by atoms with Crippen LogP contribution in [0, 0.1) is 5.82 Å². The van der Waals surface area contributed by atoms with Crippen molar-refractivity contribution in [1.82, 2.24) is 4.90 Å². The maximum absolute atomic E-state index is 13.2. The van der Waals surface area contributed by atoms with E-state index in [1.807, 2.05) is 30.3 Å². The van der Waals surface area contributed by atoms with E-state index in [9.17, 15) is 14.0 Å². The molecule has 0 aromatic heterocycles. The largest absolute Gasteiger partial charge is 0.484 e. The summed E-state index contributed by atoms with van der Waals surface area (Å²) >= 11 is 0. The topological polar surface area (TPSA) is 59.1 Å². The number of amides is 2. The quantitative estimate of drug-likeness (QED) is 0.811. The van der Waals surface area contributed by atoms with Gasteiger partial charge in [-0.3, -0.25) is 9.59 Å². The Bertz CT molecular complexity index is 876. The van der Waals surface area contributed by atoms with Gasteiger partial charge in [0.25, 0.3) is 11.8 Å². The predicted molar refractivity (Wildman–Crippen MR) is 101 cm³/mol. The maximum Gasteiger partial charge on any atom is 0.260 e. The van der Waals surface area contributed by atoms with Crippen LogP contribution < -0.4 is 9.64 Å². The molecule has 2 fully saturated rings. The molecule has 2 aliphatic rings. The summed E-state index contributed by atoms with van der Waals surface area (Å²) in [5.74, 6) is -0.368. The van der Waals surface area contributed by atoms with E-state index in [2.05, 4.69) is 0 Å². The van der Waals surface area contributed by atoms with Crippen molar-refractivity contribution in [3.8, 4) is 5.75 Å². The van der Waals surface area contributed by atoms with Crippen molar-refractivity contribution in [1.29, 1.82) is 0 Å². The lowest BCUT2D eigenvalue weighted by molar-refractivity contribution is -0.140. The third-order valence-electron chi connectivity index (χ3n) is 5.14. The van der Waals surface area contributed by atoms with E-state index in [1.165, 1.54) is 18.2 Å². The van der Waals surface area contributed by atoms with E-state index in [0.717, 1.165) is 5.69 Å². The number of ether oxygens (including phenoxy) is 2. The molecule has 2 aromatic carbocycles. The van der Waals surface area contributed by atoms with E-state index < -0.39 is 11.4 Å². The minimum atomic E-state index is -0.571. The Morgan fingerprint density at radius 3 is 2.75 bits per heavy atom. The van der Waals surface area contributed by atoms with Gasteiger partial charge in [-0.05, 0) is 30.7 Å². The molecule has 6 nitrogen and oxygen atoms in total. The molecule has 2 aliphatic heterocycles. The van der Waals surface area contributed by atoms with Crippen LogP contribution in [-0.4, -0.2) is 55.2 Å². The van der Waals surface area contributed by atoms with Crippen LogP contribution in [0.1, 0.15) is 6.42 Å². The van der Waals surface area contributed by atoms with Gasteiger partial charge in [0.2, 0.25) is 0 Å². The summed E-state index contributed by atoms with van der Waals surface area (Å²) in [7, 11) is 0. The van der Waals surface area contributed by atoms with Gasteiger partial charge >= 0.3 is 0 Å². The van der Waals surface area contributed by atoms with Crippen molar-refractivity contribution in [3.63, 3.8) is 0 Å². The SMILES string of the molecule is O=C(COc1cccc(F)c1)N1CCC2(C1)CN(c1ccccc1)C(=O)CO2. The summed E-state index contributed by atoms with van der Waals surface area (Å²) < 4.78 is 24.5. The fourth-order valence-corrected chi connectivity index (χ4v) is 3.66. The summed E-state index contributed by atoms with van der Waals surface area (Å²) in [6, 6.07) is 15.2. The number of morpholine rings is 1. The molecule has 0 saturated carbocycles. The van der Waals surface area contributed by atoms with Crippen LogP contribution in [0.3, 0.4) is 0 Å². The van der Waals surface area contributed by atoms with E-state index in [0.29, 0.717) is 31.8 Å². The molecule has 7 heteroatoms. The molecular formula is C21H21FN2O4. The van der Waals surface area contributed by atoms with Crippen LogP contribution in [0.2, 0.25) is 0 Å². The molecule has 2 heterocycles. The average molecular weight is 384 g/mol. The second kappa shape index (κ2) is 7.59. The first-order valence-corrected chi connectivity index (χ1v) is 9.20. The minimum absolute atomic E-state index is 0.00326. The van der Waals surface area contributed by atoms with Crippen LogP contribution in [-0.2, 0) is 14.3 Å². The first-order chi connectivity index (χ1) is 13.5. The fraction of sp³-hybridized carbons (Fsp3) is 0.333. The van der Waals surface area contributed by atoms with Gasteiger partial charge in [-0.25, -0.2) is 4.39 Å². The Hall–Kier alpha value is -2.93. The summed E-state index contributed by atoms with van der Waals surface area (Å²) in [5, 5.41) is 0. The van der Waals surface area contributed by atoms with Crippen LogP contribution in [0.15, 0.2) is 54.6 Å². The lowest BCUT2D eigenvalue weighted by Gasteiger charge is -2.40. The number of likely N-dealkylation sites (tertiary alicyclic amines) is 1. The maximum atomic E-state index is 13.2. The fourth-order valence-electron chi connectivity index (χ4n) is 3.66. The smallest absolute Gasteiger partial charge is 0.260 e. The molecule has 4 rings (SSSR count). The van der Waals surface area contributed by atoms with Gasteiger partial charge < -0.3 is 19.3 Å². The van der Waals surface area contributed by atoms with Gasteiger partial charge in [0, 0.05) is 18.3 Å². The molecule has 1 spiro atoms. The molecular weight excluding hydrogens is 363 g/mol. The van der Waals surface area contributed by atoms with E-state index in [4.69, 9.17) is 9.47 Å². The highest BCUT2D eigenvalue weighted by molar-refractivity contribution is 5.95. The zero-order chi connectivity index (χ0) is 19.6. The Kier molecular flexibility index (Phi) is 5.00. The number of carbonyl (C=O) groups excluding carboxylic acids is 2. The van der Waals surface area contributed by atoms with Crippen LogP contribution in [0.5, 0.6) is 5.75 Å². The normalized spacial score (nSPS) is 22.0. The van der Waals surface area contributed by atoms with Gasteiger partial charge in [-0.15, -0.1) is 0 Å². The molecule has 2 saturated heterocycles. The number of hydrogen-bond acceptors (Lipinski definition) is 4. The van der Waals surface area contributed by atoms with E-state index in [1.54, 1.807) is 15.9 Å². The average Bonchev–Trinajstić information content (AvgIpc) is 3.13. The first kappa shape index (κ1) is 18.4. The number of halogens is 1. The Morgan fingerprint density at radius 2 is 1.96 bits per heavy atom. The summed E-state index contributed by atoms with van der Waals surface area (Å²) in [4.78, 5) is 28.2. The van der Waals surface area contributed by atoms with Gasteiger partial charge in [0.05, 0.1) is 13.1 Å². The van der Waals surface area contributed by atoms with E-state index >= 15 is 0 Å². The number of anilines is 1. The molecule has 2 amide bonds. The van der Waals surface area contributed by atoms with Crippen molar-refractivity contribution >= 4 is 17.5 Å². The molecule has 0 N–H and O–H groups in total. The number of benzene rings is 2. The Morgan fingerprint density at radius 1 is 1.14 bits per heavy atom. The van der Waals surface area contributed by atoms with Crippen LogP contribution in [0.25, 0.3) is 0 Å². The van der Waals surface area contributed by atoms with Crippen LogP contribution in [0.4, 0.5) is 10.1 Å². The molecule has 1 unspecified atom stereocenters. The predicted octanol–water partition coefficient (Wildman–Crippen LogP) is 2.24. The highest BCUT2D eigenvalue weighted by Gasteiger charge is 2.46. The summed E-state index contributed by atoms with van der Waals surface area (Å²) in [5.41, 5.74) is 0.257. The second-order valence-corrected chi connectivity index (χ2v) is 7.10. The summed E-state index contributed by atoms with van der Waals surface area (Å²) in [6.07, 6.45) is 0.648. The molecule has 2 aromatic rings. The van der Waals surface area contributed by atoms with Crippen molar-refractivity contribution in [2.75, 3.05) is 37.7 Å². The lowest BCUT2D eigenvalue weighted by atomic mass is 10.00. The third-order valence-corrected chi connectivity index (χ3v) is 5.14. The van der Waals surface area contributed by atoms with Gasteiger partial charge in [0.1, 0.15) is 23.8 Å². The Labute approximate surface area is 162 Å². The second-order valence-electron chi connectivity index (χ2n) is 7.10. The third kappa shape index (κ3) is 3.84. The van der Waals surface area contributed by atoms with Crippen molar-refractivity contribution in [3.05, 3.63) is 60.4 Å². The first-order valence-electron chi connectivity index (χ1n) is 9.20. The number of hydrogen-bond donors (Lipinski definition) is 0. The zero-order valence-corrected chi connectivity index (χ0v) is 15.3. The molecule has 0 bridgehead atoms. The molecule has 0 radical (unpaired) electrons. The van der Waals surface area contributed by atoms with Crippen molar-refractivity contribution in [2.45, 2.75) is 12.0 Å². The summed E-state index contributed by atoms with van der Waals surface area (Å²) in [6.45, 7) is 1.17. The van der Waals surface area contributed by atoms with Crippen molar-refractivity contribution in [2.24, 2.45) is 0 Å². The molecule has 146 valence electrons. The standard InChI is InChI=1S/C21H21FN2O4/c22-16-5-4-8-18(11-16)27-12-19(25)23-10-9-21(14-23)15-24(20(26)13-28-21)17-6-2-1-3-7-17/h1-8,11H,9-10,12-15H2. The highest BCUT2D eigenvalue weighted by Crippen LogP contribution is 2.32. The molecule has 28 heavy (non-hydrogen) atoms. The van der Waals surface area contributed by atoms with Crippen LogP contribution >= 0.6 is 0 Å². The highest BCUT2D eigenvalue weighted by atomic mass is 19.1. The number of rotatable bonds is 4. The van der Waals surface area contributed by atoms with E-state index in [-0.39, 0.29) is 25.0 Å². The monoisotopic (exact) mass is 384 g/mol. The molecule has 1 atom stereocenters. The number of carbonyl (C=O) groups is 2. The van der Waals surface area contributed by atoms with Gasteiger partial charge in [0.15, 0.2) is 6.61 Å². The minimum Gasteiger partial charge on any atom is -0.484 e. The van der Waals surface area contributed by atoms with Crippen molar-refractivity contribution < 1.29 is 23.5 Å². The van der Waals surface area contributed by atoms with Gasteiger partial charge in [-0.1, -0.05) is 24.3 Å². The number of para-hydroxylation sites is 1. The zero-order valence-electron chi connectivity index (χ0n) is 15.3. The molecule has 0 aliphatic carbocycles. The number of nitrogens with zero attached hydrogens (tertiary/aromatic N) is 2.